The molecule has 2 saturated heterocycles. The largest absolute Gasteiger partial charge is 0.480 e. The molecule has 0 aliphatic carbocycles. The van der Waals surface area contributed by atoms with Gasteiger partial charge in [0.25, 0.3) is 0 Å². The number of rotatable bonds is 10. The van der Waals surface area contributed by atoms with Gasteiger partial charge in [0.15, 0.2) is 0 Å². The molecule has 1 aromatic rings. The van der Waals surface area contributed by atoms with Crippen molar-refractivity contribution in [3.05, 3.63) is 35.4 Å². The summed E-state index contributed by atoms with van der Waals surface area (Å²) in [7, 11) is 0. The van der Waals surface area contributed by atoms with Gasteiger partial charge >= 0.3 is 12.1 Å². The number of carboxylic acids is 1. The minimum Gasteiger partial charge on any atom is -0.480 e. The number of carboxylic acid groups (broad SMARTS) is 1. The molecule has 2 heterocycles. The quantitative estimate of drug-likeness (QED) is 0.523. The SMILES string of the molecule is O=C(O)C1CCC(CCCN2C(=O)CC[C@@H]2CC[C@@H](O)Cc2cccc(C(F)(F)F)c2)S1. The van der Waals surface area contributed by atoms with Crippen LogP contribution >= 0.6 is 11.8 Å². The number of nitrogens with zero attached hydrogens (tertiary/aromatic N) is 1. The van der Waals surface area contributed by atoms with Crippen LogP contribution in [0.15, 0.2) is 24.3 Å². The third-order valence-corrected chi connectivity index (χ3v) is 7.94. The maximum atomic E-state index is 12.9. The van der Waals surface area contributed by atoms with Crippen molar-refractivity contribution in [1.82, 2.24) is 4.90 Å². The molecular weight excluding hydrogens is 443 g/mol. The van der Waals surface area contributed by atoms with Crippen molar-refractivity contribution in [1.29, 1.82) is 0 Å². The van der Waals surface area contributed by atoms with Gasteiger partial charge in [0.05, 0.1) is 11.7 Å². The van der Waals surface area contributed by atoms with Crippen molar-refractivity contribution in [2.75, 3.05) is 6.54 Å². The van der Waals surface area contributed by atoms with E-state index in [2.05, 4.69) is 0 Å². The number of amides is 1. The van der Waals surface area contributed by atoms with Gasteiger partial charge in [-0.2, -0.15) is 13.2 Å². The highest BCUT2D eigenvalue weighted by molar-refractivity contribution is 8.01. The molecule has 0 bridgehead atoms. The third kappa shape index (κ3) is 6.88. The number of aliphatic hydroxyl groups is 1. The Morgan fingerprint density at radius 3 is 2.69 bits per heavy atom. The lowest BCUT2D eigenvalue weighted by Crippen LogP contribution is -2.34. The first-order valence-corrected chi connectivity index (χ1v) is 12.1. The minimum absolute atomic E-state index is 0.0432. The van der Waals surface area contributed by atoms with Gasteiger partial charge in [0.2, 0.25) is 5.91 Å². The summed E-state index contributed by atoms with van der Waals surface area (Å²) in [5.41, 5.74) is -0.273. The lowest BCUT2D eigenvalue weighted by atomic mass is 9.99. The predicted molar refractivity (Wildman–Crippen MR) is 116 cm³/mol. The summed E-state index contributed by atoms with van der Waals surface area (Å²) in [5, 5.41) is 19.5. The number of aliphatic carboxylic acids is 1. The molecule has 1 aromatic carbocycles. The Labute approximate surface area is 190 Å². The van der Waals surface area contributed by atoms with Crippen LogP contribution in [0.2, 0.25) is 0 Å². The monoisotopic (exact) mass is 473 g/mol. The summed E-state index contributed by atoms with van der Waals surface area (Å²) in [6, 6.07) is 5.07. The molecule has 3 rings (SSSR count). The summed E-state index contributed by atoms with van der Waals surface area (Å²) in [4.78, 5) is 25.2. The van der Waals surface area contributed by atoms with E-state index in [0.717, 1.165) is 37.8 Å². The molecule has 2 fully saturated rings. The van der Waals surface area contributed by atoms with Gasteiger partial charge in [-0.1, -0.05) is 18.2 Å². The molecule has 2 unspecified atom stereocenters. The number of hydrogen-bond donors (Lipinski definition) is 2. The van der Waals surface area contributed by atoms with Crippen molar-refractivity contribution in [3.8, 4) is 0 Å². The lowest BCUT2D eigenvalue weighted by molar-refractivity contribution is -0.138. The van der Waals surface area contributed by atoms with Crippen LogP contribution in [-0.2, 0) is 22.2 Å². The predicted octanol–water partition coefficient (Wildman–Crippen LogP) is 4.51. The van der Waals surface area contributed by atoms with Gasteiger partial charge in [-0.25, -0.2) is 0 Å². The zero-order valence-electron chi connectivity index (χ0n) is 17.9. The highest BCUT2D eigenvalue weighted by Crippen LogP contribution is 2.36. The highest BCUT2D eigenvalue weighted by Gasteiger charge is 2.33. The van der Waals surface area contributed by atoms with E-state index in [4.69, 9.17) is 5.11 Å². The molecular formula is C23H30F3NO4S. The van der Waals surface area contributed by atoms with Crippen LogP contribution in [0.3, 0.4) is 0 Å². The van der Waals surface area contributed by atoms with E-state index in [1.165, 1.54) is 17.8 Å². The summed E-state index contributed by atoms with van der Waals surface area (Å²) in [6.07, 6.45) is 0.504. The first kappa shape index (κ1) is 24.9. The second-order valence-corrected chi connectivity index (χ2v) is 10.2. The van der Waals surface area contributed by atoms with Crippen LogP contribution in [0.5, 0.6) is 0 Å². The number of carbonyl (C=O) groups excluding carboxylic acids is 1. The van der Waals surface area contributed by atoms with Gasteiger partial charge in [-0.3, -0.25) is 9.59 Å². The Hall–Kier alpha value is -1.74. The zero-order valence-corrected chi connectivity index (χ0v) is 18.7. The van der Waals surface area contributed by atoms with Crippen LogP contribution in [0.25, 0.3) is 0 Å². The molecule has 4 atom stereocenters. The molecule has 0 saturated carbocycles. The fourth-order valence-corrected chi connectivity index (χ4v) is 6.05. The first-order chi connectivity index (χ1) is 15.1. The molecule has 178 valence electrons. The van der Waals surface area contributed by atoms with E-state index in [0.29, 0.717) is 43.0 Å². The van der Waals surface area contributed by atoms with E-state index >= 15 is 0 Å². The summed E-state index contributed by atoms with van der Waals surface area (Å²) in [6.45, 7) is 0.627. The average molecular weight is 474 g/mol. The molecule has 32 heavy (non-hydrogen) atoms. The van der Waals surface area contributed by atoms with Gasteiger partial charge < -0.3 is 15.1 Å². The van der Waals surface area contributed by atoms with E-state index in [9.17, 15) is 27.9 Å². The maximum absolute atomic E-state index is 12.9. The third-order valence-electron chi connectivity index (χ3n) is 6.32. The van der Waals surface area contributed by atoms with Crippen molar-refractivity contribution in [2.24, 2.45) is 0 Å². The van der Waals surface area contributed by atoms with E-state index in [1.54, 1.807) is 6.07 Å². The molecule has 2 aliphatic rings. The second kappa shape index (κ2) is 10.9. The minimum atomic E-state index is -4.41. The van der Waals surface area contributed by atoms with Crippen LogP contribution < -0.4 is 0 Å². The molecule has 2 N–H and O–H groups in total. The second-order valence-electron chi connectivity index (χ2n) is 8.72. The fraction of sp³-hybridized carbons (Fsp3) is 0.652. The number of carbonyl (C=O) groups is 2. The normalized spacial score (nSPS) is 24.8. The standard InChI is InChI=1S/C23H30F3NO4S/c24-23(25,26)16-4-1-3-15(13-16)14-18(28)8-6-17-7-11-21(29)27(17)12-2-5-19-9-10-20(32-19)22(30)31/h1,3-4,13,17-20,28H,2,5-12,14H2,(H,30,31)/t17-,18+,19?,20?/m0/s1. The zero-order chi connectivity index (χ0) is 23.3. The molecule has 5 nitrogen and oxygen atoms in total. The molecule has 0 aromatic heterocycles. The van der Waals surface area contributed by atoms with Crippen molar-refractivity contribution in [3.63, 3.8) is 0 Å². The van der Waals surface area contributed by atoms with Gasteiger partial charge in [0, 0.05) is 24.3 Å². The van der Waals surface area contributed by atoms with Crippen LogP contribution in [0.4, 0.5) is 13.2 Å². The molecule has 1 amide bonds. The highest BCUT2D eigenvalue weighted by atomic mass is 32.2. The number of benzene rings is 1. The molecule has 0 spiro atoms. The lowest BCUT2D eigenvalue weighted by Gasteiger charge is -2.26. The number of aliphatic hydroxyl groups excluding tert-OH is 1. The number of halogens is 3. The Morgan fingerprint density at radius 1 is 1.22 bits per heavy atom. The van der Waals surface area contributed by atoms with Crippen LogP contribution in [-0.4, -0.2) is 56.2 Å². The van der Waals surface area contributed by atoms with E-state index in [-0.39, 0.29) is 23.6 Å². The van der Waals surface area contributed by atoms with Crippen LogP contribution in [0, 0.1) is 0 Å². The smallest absolute Gasteiger partial charge is 0.416 e. The number of alkyl halides is 3. The molecule has 0 radical (unpaired) electrons. The van der Waals surface area contributed by atoms with Gasteiger partial charge in [-0.05, 0) is 63.0 Å². The number of likely N-dealkylation sites (tertiary alicyclic amines) is 1. The Kier molecular flexibility index (Phi) is 8.49. The molecule has 2 aliphatic heterocycles. The topological polar surface area (TPSA) is 77.8 Å². The maximum Gasteiger partial charge on any atom is 0.416 e. The number of hydrogen-bond acceptors (Lipinski definition) is 4. The Balaban J connectivity index is 1.43. The number of thioether (sulfide) groups is 1. The first-order valence-electron chi connectivity index (χ1n) is 11.2. The average Bonchev–Trinajstić information content (AvgIpc) is 3.34. The summed E-state index contributed by atoms with van der Waals surface area (Å²) >= 11 is 1.51. The fourth-order valence-electron chi connectivity index (χ4n) is 4.62. The Bertz CT molecular complexity index is 804. The summed E-state index contributed by atoms with van der Waals surface area (Å²) in [5.74, 6) is -0.652. The summed E-state index contributed by atoms with van der Waals surface area (Å²) < 4.78 is 38.6. The van der Waals surface area contributed by atoms with Crippen LogP contribution in [0.1, 0.15) is 62.5 Å². The Morgan fingerprint density at radius 2 is 2.00 bits per heavy atom. The van der Waals surface area contributed by atoms with Crippen molar-refractivity contribution >= 4 is 23.6 Å². The van der Waals surface area contributed by atoms with Gasteiger partial charge in [0.1, 0.15) is 5.25 Å². The van der Waals surface area contributed by atoms with Gasteiger partial charge in [-0.15, -0.1) is 11.8 Å². The molecule has 9 heteroatoms. The van der Waals surface area contributed by atoms with E-state index in [1.807, 2.05) is 4.90 Å². The van der Waals surface area contributed by atoms with Crippen molar-refractivity contribution < 1.29 is 33.0 Å². The van der Waals surface area contributed by atoms with E-state index < -0.39 is 23.8 Å². The van der Waals surface area contributed by atoms with Crippen molar-refractivity contribution in [2.45, 2.75) is 86.6 Å².